The standard InChI is InChI=1S/C16H22NO4/c1-15(2)9-13(10-16(3,4)17(15)20)21-14(19)11-5-7-12(18)8-6-11/h5-8,13,18H,9-10H2,1-4H3. The fraction of sp³-hybridized carbons (Fsp3) is 0.562. The second-order valence-corrected chi connectivity index (χ2v) is 6.90. The summed E-state index contributed by atoms with van der Waals surface area (Å²) < 4.78 is 5.55. The van der Waals surface area contributed by atoms with Crippen molar-refractivity contribution in [2.24, 2.45) is 0 Å². The number of carbonyl (C=O) groups excluding carboxylic acids is 1. The molecule has 1 fully saturated rings. The van der Waals surface area contributed by atoms with Gasteiger partial charge in [-0.2, -0.15) is 0 Å². The van der Waals surface area contributed by atoms with Crippen molar-refractivity contribution in [3.05, 3.63) is 29.8 Å². The average molecular weight is 292 g/mol. The maximum Gasteiger partial charge on any atom is 0.338 e. The Labute approximate surface area is 125 Å². The van der Waals surface area contributed by atoms with E-state index in [-0.39, 0.29) is 11.9 Å². The maximum absolute atomic E-state index is 12.3. The van der Waals surface area contributed by atoms with E-state index in [9.17, 15) is 15.1 Å². The monoisotopic (exact) mass is 292 g/mol. The van der Waals surface area contributed by atoms with Crippen LogP contribution >= 0.6 is 0 Å². The van der Waals surface area contributed by atoms with Crippen molar-refractivity contribution in [2.45, 2.75) is 57.7 Å². The van der Waals surface area contributed by atoms with Gasteiger partial charge in [-0.3, -0.25) is 0 Å². The van der Waals surface area contributed by atoms with Crippen molar-refractivity contribution in [3.63, 3.8) is 0 Å². The third kappa shape index (κ3) is 3.36. The fourth-order valence-electron chi connectivity index (χ4n) is 3.07. The Morgan fingerprint density at radius 1 is 1.14 bits per heavy atom. The van der Waals surface area contributed by atoms with Crippen molar-refractivity contribution in [3.8, 4) is 5.75 Å². The normalized spacial score (nSPS) is 22.0. The molecule has 5 nitrogen and oxygen atoms in total. The number of phenols is 1. The number of aromatic hydroxyl groups is 1. The molecule has 0 saturated carbocycles. The summed E-state index contributed by atoms with van der Waals surface area (Å²) in [7, 11) is 0. The van der Waals surface area contributed by atoms with Gasteiger partial charge in [0.05, 0.1) is 5.56 Å². The molecule has 115 valence electrons. The van der Waals surface area contributed by atoms with E-state index in [2.05, 4.69) is 0 Å². The molecule has 0 aromatic heterocycles. The number of hydroxylamine groups is 2. The molecule has 1 aromatic rings. The van der Waals surface area contributed by atoms with Crippen LogP contribution in [0.15, 0.2) is 24.3 Å². The average Bonchev–Trinajstić information content (AvgIpc) is 2.36. The summed E-state index contributed by atoms with van der Waals surface area (Å²) >= 11 is 0. The Bertz CT molecular complexity index is 504. The molecule has 1 radical (unpaired) electrons. The Balaban J connectivity index is 2.09. The van der Waals surface area contributed by atoms with Crippen molar-refractivity contribution in [1.82, 2.24) is 5.06 Å². The molecule has 0 spiro atoms. The molecule has 1 saturated heterocycles. The van der Waals surface area contributed by atoms with Crippen LogP contribution in [0.1, 0.15) is 50.9 Å². The zero-order valence-electron chi connectivity index (χ0n) is 12.9. The first kappa shape index (κ1) is 15.8. The highest BCUT2D eigenvalue weighted by atomic mass is 16.5. The van der Waals surface area contributed by atoms with Gasteiger partial charge in [-0.15, -0.1) is 10.3 Å². The highest BCUT2D eigenvalue weighted by molar-refractivity contribution is 5.89. The summed E-state index contributed by atoms with van der Waals surface area (Å²) in [6.45, 7) is 7.45. The number of piperidine rings is 1. The molecule has 1 aromatic carbocycles. The summed E-state index contributed by atoms with van der Waals surface area (Å²) in [6, 6.07) is 5.95. The summed E-state index contributed by atoms with van der Waals surface area (Å²) in [5.41, 5.74) is -0.739. The lowest BCUT2D eigenvalue weighted by atomic mass is 9.80. The number of benzene rings is 1. The first-order valence-corrected chi connectivity index (χ1v) is 7.09. The molecule has 0 amide bonds. The lowest BCUT2D eigenvalue weighted by Crippen LogP contribution is -2.60. The van der Waals surface area contributed by atoms with Crippen LogP contribution < -0.4 is 0 Å². The molecule has 5 heteroatoms. The fourth-order valence-corrected chi connectivity index (χ4v) is 3.07. The molecule has 0 aliphatic carbocycles. The van der Waals surface area contributed by atoms with Crippen LogP contribution in [0, 0.1) is 0 Å². The van der Waals surface area contributed by atoms with Gasteiger partial charge in [-0.05, 0) is 52.0 Å². The summed E-state index contributed by atoms with van der Waals surface area (Å²) in [6.07, 6.45) is 0.717. The smallest absolute Gasteiger partial charge is 0.338 e. The third-order valence-corrected chi connectivity index (χ3v) is 3.93. The number of hydrogen-bond acceptors (Lipinski definition) is 4. The largest absolute Gasteiger partial charge is 0.508 e. The number of esters is 1. The van der Waals surface area contributed by atoms with E-state index in [1.807, 2.05) is 27.7 Å². The van der Waals surface area contributed by atoms with Gasteiger partial charge < -0.3 is 9.84 Å². The maximum atomic E-state index is 12.3. The van der Waals surface area contributed by atoms with Crippen LogP contribution in [-0.2, 0) is 9.94 Å². The van der Waals surface area contributed by atoms with Crippen LogP contribution in [0.25, 0.3) is 0 Å². The molecule has 1 heterocycles. The minimum Gasteiger partial charge on any atom is -0.508 e. The van der Waals surface area contributed by atoms with Gasteiger partial charge in [0.2, 0.25) is 0 Å². The van der Waals surface area contributed by atoms with Gasteiger partial charge >= 0.3 is 5.97 Å². The van der Waals surface area contributed by atoms with Crippen LogP contribution in [-0.4, -0.2) is 33.3 Å². The van der Waals surface area contributed by atoms with E-state index in [1.54, 1.807) is 0 Å². The summed E-state index contributed by atoms with van der Waals surface area (Å²) in [5, 5.41) is 22.6. The minimum atomic E-state index is -0.568. The Hall–Kier alpha value is -1.59. The highest BCUT2D eigenvalue weighted by Crippen LogP contribution is 2.38. The predicted molar refractivity (Wildman–Crippen MR) is 77.2 cm³/mol. The molecule has 2 rings (SSSR count). The summed E-state index contributed by atoms with van der Waals surface area (Å²) in [4.78, 5) is 12.1. The second kappa shape index (κ2) is 5.31. The van der Waals surface area contributed by atoms with E-state index >= 15 is 0 Å². The first-order valence-electron chi connectivity index (χ1n) is 7.09. The number of rotatable bonds is 2. The number of phenolic OH excluding ortho intramolecular Hbond substituents is 1. The van der Waals surface area contributed by atoms with Crippen LogP contribution in [0.3, 0.4) is 0 Å². The molecule has 0 atom stereocenters. The van der Waals surface area contributed by atoms with E-state index < -0.39 is 17.0 Å². The zero-order chi connectivity index (χ0) is 15.8. The Kier molecular flexibility index (Phi) is 4.00. The summed E-state index contributed by atoms with van der Waals surface area (Å²) in [5.74, 6) is -0.320. The number of nitrogens with zero attached hydrogens (tertiary/aromatic N) is 1. The molecule has 0 unspecified atom stereocenters. The number of carbonyl (C=O) groups is 1. The molecule has 1 N–H and O–H groups in total. The van der Waals surface area contributed by atoms with E-state index in [0.29, 0.717) is 18.4 Å². The molecule has 1 aliphatic rings. The van der Waals surface area contributed by atoms with E-state index in [4.69, 9.17) is 4.74 Å². The van der Waals surface area contributed by atoms with Gasteiger partial charge in [0.25, 0.3) is 0 Å². The first-order chi connectivity index (χ1) is 9.62. The lowest BCUT2D eigenvalue weighted by Gasteiger charge is -2.49. The van der Waals surface area contributed by atoms with Crippen molar-refractivity contribution in [2.75, 3.05) is 0 Å². The zero-order valence-corrected chi connectivity index (χ0v) is 12.9. The lowest BCUT2D eigenvalue weighted by molar-refractivity contribution is -0.298. The second-order valence-electron chi connectivity index (χ2n) is 6.90. The van der Waals surface area contributed by atoms with Crippen molar-refractivity contribution >= 4 is 5.97 Å². The van der Waals surface area contributed by atoms with Crippen LogP contribution in [0.5, 0.6) is 5.75 Å². The van der Waals surface area contributed by atoms with Gasteiger partial charge in [0.1, 0.15) is 11.9 Å². The Morgan fingerprint density at radius 2 is 1.62 bits per heavy atom. The van der Waals surface area contributed by atoms with Crippen LogP contribution in [0.2, 0.25) is 0 Å². The SMILES string of the molecule is CC1(C)CC(OC(=O)c2ccc(O)cc2)CC(C)(C)N1[O]. The van der Waals surface area contributed by atoms with Crippen LogP contribution in [0.4, 0.5) is 0 Å². The highest BCUT2D eigenvalue weighted by Gasteiger charge is 2.47. The predicted octanol–water partition coefficient (Wildman–Crippen LogP) is 2.92. The molecule has 0 bridgehead atoms. The van der Waals surface area contributed by atoms with Crippen molar-refractivity contribution in [1.29, 1.82) is 0 Å². The molecule has 1 aliphatic heterocycles. The van der Waals surface area contributed by atoms with Gasteiger partial charge in [-0.1, -0.05) is 0 Å². The van der Waals surface area contributed by atoms with E-state index in [0.717, 1.165) is 5.06 Å². The number of hydrogen-bond donors (Lipinski definition) is 1. The van der Waals surface area contributed by atoms with Gasteiger partial charge in [0, 0.05) is 23.9 Å². The van der Waals surface area contributed by atoms with Gasteiger partial charge in [-0.25, -0.2) is 4.79 Å². The Morgan fingerprint density at radius 3 is 2.10 bits per heavy atom. The number of ether oxygens (including phenoxy) is 1. The third-order valence-electron chi connectivity index (χ3n) is 3.93. The van der Waals surface area contributed by atoms with Crippen molar-refractivity contribution < 1.29 is 19.8 Å². The van der Waals surface area contributed by atoms with Gasteiger partial charge in [0.15, 0.2) is 0 Å². The quantitative estimate of drug-likeness (QED) is 0.851. The molecular weight excluding hydrogens is 270 g/mol. The molecule has 21 heavy (non-hydrogen) atoms. The molecular formula is C16H22NO4. The van der Waals surface area contributed by atoms with E-state index in [1.165, 1.54) is 24.3 Å². The topological polar surface area (TPSA) is 69.7 Å². The minimum absolute atomic E-state index is 0.105.